The Hall–Kier alpha value is -3.16. The van der Waals surface area contributed by atoms with Crippen molar-refractivity contribution in [2.75, 3.05) is 13.1 Å². The van der Waals surface area contributed by atoms with Gasteiger partial charge in [-0.15, -0.1) is 0 Å². The second kappa shape index (κ2) is 7.93. The largest absolute Gasteiger partial charge is 0.448 e. The third kappa shape index (κ3) is 4.22. The summed E-state index contributed by atoms with van der Waals surface area (Å²) in [5, 5.41) is 0. The van der Waals surface area contributed by atoms with Crippen molar-refractivity contribution >= 4 is 5.91 Å². The zero-order valence-corrected chi connectivity index (χ0v) is 16.3. The minimum absolute atomic E-state index is 0.00134. The average molecular weight is 415 g/mol. The highest BCUT2D eigenvalue weighted by Gasteiger charge is 2.31. The van der Waals surface area contributed by atoms with E-state index in [1.54, 1.807) is 30.0 Å². The summed E-state index contributed by atoms with van der Waals surface area (Å²) < 4.78 is 44.3. The van der Waals surface area contributed by atoms with Gasteiger partial charge in [0.1, 0.15) is 6.26 Å². The topological polar surface area (TPSA) is 59.2 Å². The van der Waals surface area contributed by atoms with Gasteiger partial charge in [-0.25, -0.2) is 4.98 Å². The summed E-state index contributed by atoms with van der Waals surface area (Å²) in [6, 6.07) is 10.5. The molecule has 1 aliphatic heterocycles. The molecule has 0 aliphatic carbocycles. The number of piperidine rings is 1. The lowest BCUT2D eigenvalue weighted by Gasteiger charge is -2.32. The molecule has 0 bridgehead atoms. The van der Waals surface area contributed by atoms with Crippen molar-refractivity contribution in [3.63, 3.8) is 0 Å². The van der Waals surface area contributed by atoms with E-state index in [0.29, 0.717) is 30.2 Å². The Labute approximate surface area is 171 Å². The number of aryl methyl sites for hydroxylation is 1. The Bertz CT molecular complexity index is 1060. The van der Waals surface area contributed by atoms with Gasteiger partial charge in [0.2, 0.25) is 0 Å². The van der Waals surface area contributed by atoms with Crippen LogP contribution in [0.1, 0.15) is 46.4 Å². The first-order valence-corrected chi connectivity index (χ1v) is 9.67. The summed E-state index contributed by atoms with van der Waals surface area (Å²) in [5.41, 5.74) is 1.23. The average Bonchev–Trinajstić information content (AvgIpc) is 3.19. The highest BCUT2D eigenvalue weighted by molar-refractivity contribution is 5.92. The quantitative estimate of drug-likeness (QED) is 0.598. The molecule has 5 nitrogen and oxygen atoms in total. The van der Waals surface area contributed by atoms with Crippen LogP contribution in [0.5, 0.6) is 0 Å². The lowest BCUT2D eigenvalue weighted by molar-refractivity contribution is -0.137. The number of rotatable bonds is 3. The molecule has 0 spiro atoms. The SMILES string of the molecule is Cc1nc(C(=O)N2CCCC(c3cccc(-c4cccc(C(F)(F)F)c4)n3)C2)co1. The second-order valence-corrected chi connectivity index (χ2v) is 7.37. The van der Waals surface area contributed by atoms with Crippen LogP contribution in [-0.4, -0.2) is 33.9 Å². The fourth-order valence-corrected chi connectivity index (χ4v) is 3.72. The van der Waals surface area contributed by atoms with Gasteiger partial charge in [-0.3, -0.25) is 9.78 Å². The minimum Gasteiger partial charge on any atom is -0.448 e. The predicted molar refractivity (Wildman–Crippen MR) is 104 cm³/mol. The van der Waals surface area contributed by atoms with E-state index in [2.05, 4.69) is 9.97 Å². The van der Waals surface area contributed by atoms with E-state index in [4.69, 9.17) is 4.42 Å². The lowest BCUT2D eigenvalue weighted by Crippen LogP contribution is -2.39. The zero-order chi connectivity index (χ0) is 21.3. The highest BCUT2D eigenvalue weighted by atomic mass is 19.4. The molecule has 156 valence electrons. The van der Waals surface area contributed by atoms with E-state index in [1.807, 2.05) is 6.07 Å². The van der Waals surface area contributed by atoms with Crippen LogP contribution < -0.4 is 0 Å². The molecule has 1 amide bonds. The van der Waals surface area contributed by atoms with Crippen LogP contribution in [0.4, 0.5) is 13.2 Å². The number of nitrogens with zero attached hydrogens (tertiary/aromatic N) is 3. The molecule has 1 atom stereocenters. The number of carbonyl (C=O) groups is 1. The van der Waals surface area contributed by atoms with Gasteiger partial charge < -0.3 is 9.32 Å². The van der Waals surface area contributed by atoms with Crippen LogP contribution in [0, 0.1) is 6.92 Å². The number of hydrogen-bond acceptors (Lipinski definition) is 4. The van der Waals surface area contributed by atoms with Crippen LogP contribution in [0.25, 0.3) is 11.3 Å². The van der Waals surface area contributed by atoms with E-state index in [1.165, 1.54) is 12.3 Å². The van der Waals surface area contributed by atoms with Gasteiger partial charge in [0.05, 0.1) is 11.3 Å². The number of alkyl halides is 3. The van der Waals surface area contributed by atoms with Crippen molar-refractivity contribution in [1.82, 2.24) is 14.9 Å². The van der Waals surface area contributed by atoms with Crippen molar-refractivity contribution in [1.29, 1.82) is 0 Å². The molecule has 1 aromatic carbocycles. The molecule has 0 saturated carbocycles. The Morgan fingerprint density at radius 3 is 2.70 bits per heavy atom. The number of likely N-dealkylation sites (tertiary alicyclic amines) is 1. The summed E-state index contributed by atoms with van der Waals surface area (Å²) in [7, 11) is 0. The number of carbonyl (C=O) groups excluding carboxylic acids is 1. The molecule has 8 heteroatoms. The molecule has 1 unspecified atom stereocenters. The summed E-state index contributed by atoms with van der Waals surface area (Å²) in [6.07, 6.45) is -1.39. The first-order chi connectivity index (χ1) is 14.3. The van der Waals surface area contributed by atoms with Crippen LogP contribution >= 0.6 is 0 Å². The molecule has 30 heavy (non-hydrogen) atoms. The third-order valence-corrected chi connectivity index (χ3v) is 5.22. The number of aromatic nitrogens is 2. The monoisotopic (exact) mass is 415 g/mol. The smallest absolute Gasteiger partial charge is 0.416 e. The molecule has 0 N–H and O–H groups in total. The maximum Gasteiger partial charge on any atom is 0.416 e. The van der Waals surface area contributed by atoms with Crippen LogP contribution in [0.3, 0.4) is 0 Å². The molecular weight excluding hydrogens is 395 g/mol. The van der Waals surface area contributed by atoms with Gasteiger partial charge in [-0.1, -0.05) is 18.2 Å². The highest BCUT2D eigenvalue weighted by Crippen LogP contribution is 2.33. The predicted octanol–water partition coefficient (Wildman–Crippen LogP) is 5.08. The normalized spacial score (nSPS) is 17.2. The Morgan fingerprint density at radius 2 is 1.97 bits per heavy atom. The first-order valence-electron chi connectivity index (χ1n) is 9.67. The number of hydrogen-bond donors (Lipinski definition) is 0. The Kier molecular flexibility index (Phi) is 5.32. The van der Waals surface area contributed by atoms with Gasteiger partial charge in [-0.05, 0) is 37.1 Å². The minimum atomic E-state index is -4.41. The van der Waals surface area contributed by atoms with Crippen molar-refractivity contribution in [3.8, 4) is 11.3 Å². The van der Waals surface area contributed by atoms with Gasteiger partial charge in [0.15, 0.2) is 11.6 Å². The van der Waals surface area contributed by atoms with E-state index < -0.39 is 11.7 Å². The molecule has 1 fully saturated rings. The van der Waals surface area contributed by atoms with E-state index >= 15 is 0 Å². The lowest BCUT2D eigenvalue weighted by atomic mass is 9.93. The van der Waals surface area contributed by atoms with Gasteiger partial charge in [-0.2, -0.15) is 13.2 Å². The fraction of sp³-hybridized carbons (Fsp3) is 0.318. The molecule has 2 aromatic heterocycles. The van der Waals surface area contributed by atoms with Crippen molar-refractivity contribution in [2.45, 2.75) is 31.9 Å². The van der Waals surface area contributed by atoms with Gasteiger partial charge in [0.25, 0.3) is 5.91 Å². The zero-order valence-electron chi connectivity index (χ0n) is 16.3. The number of pyridine rings is 1. The van der Waals surface area contributed by atoms with Crippen molar-refractivity contribution in [2.24, 2.45) is 0 Å². The molecule has 3 heterocycles. The van der Waals surface area contributed by atoms with E-state index in [9.17, 15) is 18.0 Å². The van der Waals surface area contributed by atoms with Gasteiger partial charge in [0, 0.05) is 37.2 Å². The molecule has 1 saturated heterocycles. The van der Waals surface area contributed by atoms with Crippen molar-refractivity contribution in [3.05, 3.63) is 71.6 Å². The first kappa shape index (κ1) is 20.1. The maximum atomic E-state index is 13.0. The van der Waals surface area contributed by atoms with Crippen LogP contribution in [-0.2, 0) is 6.18 Å². The fourth-order valence-electron chi connectivity index (χ4n) is 3.72. The number of oxazole rings is 1. The second-order valence-electron chi connectivity index (χ2n) is 7.37. The molecule has 3 aromatic rings. The summed E-state index contributed by atoms with van der Waals surface area (Å²) in [5.74, 6) is 0.245. The Balaban J connectivity index is 1.56. The summed E-state index contributed by atoms with van der Waals surface area (Å²) in [4.78, 5) is 23.1. The molecular formula is C22H20F3N3O2. The molecule has 1 aliphatic rings. The van der Waals surface area contributed by atoms with Crippen molar-refractivity contribution < 1.29 is 22.4 Å². The molecule has 4 rings (SSSR count). The van der Waals surface area contributed by atoms with Crippen LogP contribution in [0.15, 0.2) is 53.1 Å². The number of benzene rings is 1. The summed E-state index contributed by atoms with van der Waals surface area (Å²) in [6.45, 7) is 2.78. The van der Waals surface area contributed by atoms with E-state index in [-0.39, 0.29) is 17.5 Å². The number of amides is 1. The van der Waals surface area contributed by atoms with Gasteiger partial charge >= 0.3 is 6.18 Å². The van der Waals surface area contributed by atoms with Crippen LogP contribution in [0.2, 0.25) is 0 Å². The maximum absolute atomic E-state index is 13.0. The van der Waals surface area contributed by atoms with E-state index in [0.717, 1.165) is 30.7 Å². The third-order valence-electron chi connectivity index (χ3n) is 5.22. The molecule has 0 radical (unpaired) electrons. The Morgan fingerprint density at radius 1 is 1.17 bits per heavy atom. The summed E-state index contributed by atoms with van der Waals surface area (Å²) >= 11 is 0. The number of halogens is 3. The standard InChI is InChI=1S/C22H20F3N3O2/c1-14-26-20(13-30-14)21(29)28-10-4-6-16(12-28)19-9-3-8-18(27-19)15-5-2-7-17(11-15)22(23,24)25/h2-3,5,7-9,11,13,16H,4,6,10,12H2,1H3.